The number of rotatable bonds is 7. The summed E-state index contributed by atoms with van der Waals surface area (Å²) in [5, 5.41) is 13.9. The van der Waals surface area contributed by atoms with Gasteiger partial charge in [0.1, 0.15) is 0 Å². The molecule has 1 N–H and O–H groups in total. The molecule has 0 aliphatic rings. The monoisotopic (exact) mass is 448 g/mol. The van der Waals surface area contributed by atoms with Crippen molar-refractivity contribution in [2.45, 2.75) is 5.16 Å². The second kappa shape index (κ2) is 10.0. The zero-order valence-electron chi connectivity index (χ0n) is 16.2. The van der Waals surface area contributed by atoms with Crippen molar-refractivity contribution in [2.75, 3.05) is 5.75 Å². The van der Waals surface area contributed by atoms with Crippen molar-refractivity contribution >= 4 is 35.5 Å². The normalized spacial score (nSPS) is 11.0. The van der Waals surface area contributed by atoms with Crippen molar-refractivity contribution in [3.8, 4) is 17.1 Å². The Bertz CT molecular complexity index is 1180. The van der Waals surface area contributed by atoms with E-state index in [1.807, 2.05) is 47.0 Å². The van der Waals surface area contributed by atoms with Gasteiger partial charge in [-0.1, -0.05) is 53.7 Å². The summed E-state index contributed by atoms with van der Waals surface area (Å²) in [5.41, 5.74) is 5.14. The maximum absolute atomic E-state index is 12.2. The molecule has 2 heterocycles. The molecular weight excluding hydrogens is 432 g/mol. The fourth-order valence-corrected chi connectivity index (χ4v) is 3.62. The van der Waals surface area contributed by atoms with Crippen LogP contribution in [0.25, 0.3) is 17.1 Å². The van der Waals surface area contributed by atoms with Gasteiger partial charge >= 0.3 is 0 Å². The minimum atomic E-state index is -0.248. The van der Waals surface area contributed by atoms with E-state index in [1.54, 1.807) is 42.9 Å². The third-order valence-corrected chi connectivity index (χ3v) is 5.37. The number of nitrogens with zero attached hydrogens (tertiary/aromatic N) is 5. The van der Waals surface area contributed by atoms with Gasteiger partial charge in [-0.2, -0.15) is 5.10 Å². The van der Waals surface area contributed by atoms with E-state index >= 15 is 0 Å². The molecule has 0 spiro atoms. The van der Waals surface area contributed by atoms with Crippen LogP contribution < -0.4 is 5.43 Å². The standard InChI is InChI=1S/C22H17ClN6OS/c23-18-6-8-19(9-7-18)29-21(17-4-2-1-3-5-17)27-28-22(29)31-15-20(30)26-25-14-16-10-12-24-13-11-16/h1-14H,15H2,(H,26,30)/b25-14+. The molecule has 4 aromatic rings. The summed E-state index contributed by atoms with van der Waals surface area (Å²) < 4.78 is 1.91. The van der Waals surface area contributed by atoms with E-state index in [0.717, 1.165) is 16.8 Å². The zero-order valence-corrected chi connectivity index (χ0v) is 17.8. The molecule has 9 heteroatoms. The van der Waals surface area contributed by atoms with Crippen molar-refractivity contribution in [1.29, 1.82) is 0 Å². The van der Waals surface area contributed by atoms with Gasteiger partial charge in [0, 0.05) is 28.7 Å². The van der Waals surface area contributed by atoms with Gasteiger partial charge in [0.2, 0.25) is 0 Å². The predicted octanol–water partition coefficient (Wildman–Crippen LogP) is 4.23. The average molecular weight is 449 g/mol. The van der Waals surface area contributed by atoms with E-state index in [9.17, 15) is 4.79 Å². The van der Waals surface area contributed by atoms with Crippen molar-refractivity contribution in [1.82, 2.24) is 25.2 Å². The summed E-state index contributed by atoms with van der Waals surface area (Å²) in [4.78, 5) is 16.2. The average Bonchev–Trinajstić information content (AvgIpc) is 3.23. The molecule has 0 unspecified atom stereocenters. The minimum Gasteiger partial charge on any atom is -0.272 e. The number of carbonyl (C=O) groups is 1. The van der Waals surface area contributed by atoms with Crippen molar-refractivity contribution in [3.63, 3.8) is 0 Å². The van der Waals surface area contributed by atoms with Crippen LogP contribution in [0.15, 0.2) is 89.4 Å². The van der Waals surface area contributed by atoms with Crippen LogP contribution in [0.4, 0.5) is 0 Å². The molecule has 4 rings (SSSR count). The zero-order chi connectivity index (χ0) is 21.5. The Morgan fingerprint density at radius 3 is 2.52 bits per heavy atom. The molecule has 0 saturated carbocycles. The lowest BCUT2D eigenvalue weighted by Gasteiger charge is -2.10. The third-order valence-electron chi connectivity index (χ3n) is 4.19. The number of amides is 1. The van der Waals surface area contributed by atoms with E-state index in [1.165, 1.54) is 11.8 Å². The Morgan fingerprint density at radius 2 is 1.77 bits per heavy atom. The maximum Gasteiger partial charge on any atom is 0.250 e. The van der Waals surface area contributed by atoms with Gasteiger partial charge in [0.15, 0.2) is 11.0 Å². The van der Waals surface area contributed by atoms with Gasteiger partial charge in [0.25, 0.3) is 5.91 Å². The number of hydrogen-bond acceptors (Lipinski definition) is 6. The van der Waals surface area contributed by atoms with Crippen LogP contribution in [0.2, 0.25) is 5.02 Å². The van der Waals surface area contributed by atoms with Crippen molar-refractivity contribution in [2.24, 2.45) is 5.10 Å². The second-order valence-electron chi connectivity index (χ2n) is 6.35. The van der Waals surface area contributed by atoms with Gasteiger partial charge in [-0.3, -0.25) is 14.3 Å². The Hall–Kier alpha value is -3.49. The number of pyridine rings is 1. The summed E-state index contributed by atoms with van der Waals surface area (Å²) in [6.07, 6.45) is 4.88. The van der Waals surface area contributed by atoms with Gasteiger partial charge in [-0.25, -0.2) is 5.43 Å². The lowest BCUT2D eigenvalue weighted by molar-refractivity contribution is -0.118. The van der Waals surface area contributed by atoms with Gasteiger partial charge in [0.05, 0.1) is 12.0 Å². The van der Waals surface area contributed by atoms with Crippen LogP contribution in [0.3, 0.4) is 0 Å². The largest absolute Gasteiger partial charge is 0.272 e. The van der Waals surface area contributed by atoms with E-state index in [4.69, 9.17) is 11.6 Å². The van der Waals surface area contributed by atoms with Crippen molar-refractivity contribution < 1.29 is 4.79 Å². The number of hydrogen-bond donors (Lipinski definition) is 1. The van der Waals surface area contributed by atoms with Crippen molar-refractivity contribution in [3.05, 3.63) is 89.7 Å². The fourth-order valence-electron chi connectivity index (χ4n) is 2.75. The number of hydrazone groups is 1. The molecule has 0 bridgehead atoms. The maximum atomic E-state index is 12.2. The minimum absolute atomic E-state index is 0.133. The van der Waals surface area contributed by atoms with E-state index in [0.29, 0.717) is 16.0 Å². The first-order valence-corrected chi connectivity index (χ1v) is 10.7. The summed E-state index contributed by atoms with van der Waals surface area (Å²) >= 11 is 7.33. The number of thioether (sulfide) groups is 1. The molecule has 0 fully saturated rings. The summed E-state index contributed by atoms with van der Waals surface area (Å²) in [6.45, 7) is 0. The number of nitrogens with one attached hydrogen (secondary N) is 1. The molecule has 1 amide bonds. The first kappa shape index (κ1) is 20.8. The highest BCUT2D eigenvalue weighted by molar-refractivity contribution is 7.99. The quantitative estimate of drug-likeness (QED) is 0.260. The number of carbonyl (C=O) groups excluding carboxylic acids is 1. The molecule has 0 saturated heterocycles. The molecule has 2 aromatic carbocycles. The lowest BCUT2D eigenvalue weighted by atomic mass is 10.2. The Kier molecular flexibility index (Phi) is 6.71. The fraction of sp³-hybridized carbons (Fsp3) is 0.0455. The van der Waals surface area contributed by atoms with E-state index < -0.39 is 0 Å². The first-order chi connectivity index (χ1) is 15.2. The van der Waals surface area contributed by atoms with Gasteiger partial charge in [-0.15, -0.1) is 10.2 Å². The third kappa shape index (κ3) is 5.36. The smallest absolute Gasteiger partial charge is 0.250 e. The van der Waals surface area contributed by atoms with Crippen LogP contribution in [-0.4, -0.2) is 37.6 Å². The molecule has 154 valence electrons. The van der Waals surface area contributed by atoms with Crippen LogP contribution >= 0.6 is 23.4 Å². The second-order valence-corrected chi connectivity index (χ2v) is 7.73. The molecule has 0 atom stereocenters. The summed E-state index contributed by atoms with van der Waals surface area (Å²) in [6, 6.07) is 20.7. The van der Waals surface area contributed by atoms with Crippen LogP contribution in [0.5, 0.6) is 0 Å². The molecule has 0 radical (unpaired) electrons. The highest BCUT2D eigenvalue weighted by Gasteiger charge is 2.17. The van der Waals surface area contributed by atoms with Gasteiger partial charge < -0.3 is 0 Å². The Labute approximate surface area is 188 Å². The number of benzene rings is 2. The summed E-state index contributed by atoms with van der Waals surface area (Å²) in [7, 11) is 0. The lowest BCUT2D eigenvalue weighted by Crippen LogP contribution is -2.20. The SMILES string of the molecule is O=C(CSc1nnc(-c2ccccc2)n1-c1ccc(Cl)cc1)N/N=C/c1ccncc1. The van der Waals surface area contributed by atoms with Crippen LogP contribution in [0.1, 0.15) is 5.56 Å². The van der Waals surface area contributed by atoms with Gasteiger partial charge in [-0.05, 0) is 42.0 Å². The molecule has 31 heavy (non-hydrogen) atoms. The van der Waals surface area contributed by atoms with Crippen LogP contribution in [0, 0.1) is 0 Å². The predicted molar refractivity (Wildman–Crippen MR) is 123 cm³/mol. The first-order valence-electron chi connectivity index (χ1n) is 9.32. The molecule has 2 aromatic heterocycles. The van der Waals surface area contributed by atoms with Crippen LogP contribution in [-0.2, 0) is 4.79 Å². The number of aromatic nitrogens is 4. The van der Waals surface area contributed by atoms with E-state index in [-0.39, 0.29) is 11.7 Å². The Morgan fingerprint density at radius 1 is 1.03 bits per heavy atom. The van der Waals surface area contributed by atoms with E-state index in [2.05, 4.69) is 25.7 Å². The molecular formula is C22H17ClN6OS. The molecule has 0 aliphatic heterocycles. The highest BCUT2D eigenvalue weighted by Crippen LogP contribution is 2.28. The molecule has 0 aliphatic carbocycles. The molecule has 7 nitrogen and oxygen atoms in total. The Balaban J connectivity index is 1.51. The topological polar surface area (TPSA) is 85.1 Å². The highest BCUT2D eigenvalue weighted by atomic mass is 35.5. The summed E-state index contributed by atoms with van der Waals surface area (Å²) in [5.74, 6) is 0.567. The number of halogens is 1.